The number of hydrogen-bond acceptors (Lipinski definition) is 4. The maximum Gasteiger partial charge on any atom is 0.167 e. The molecule has 0 aliphatic carbocycles. The van der Waals surface area contributed by atoms with Crippen LogP contribution in [0.3, 0.4) is 0 Å². The molecule has 1 aromatic carbocycles. The van der Waals surface area contributed by atoms with E-state index in [1.165, 1.54) is 12.1 Å². The molecule has 2 rings (SSSR count). The van der Waals surface area contributed by atoms with Gasteiger partial charge in [0.1, 0.15) is 11.9 Å². The Hall–Kier alpha value is -1.49. The van der Waals surface area contributed by atoms with E-state index in [1.807, 2.05) is 13.8 Å². The zero-order valence-electron chi connectivity index (χ0n) is 9.90. The molecule has 0 atom stereocenters. The van der Waals surface area contributed by atoms with Crippen molar-refractivity contribution < 1.29 is 18.6 Å². The van der Waals surface area contributed by atoms with Crippen LogP contribution in [0, 0.1) is 5.82 Å². The van der Waals surface area contributed by atoms with Gasteiger partial charge in [-0.05, 0) is 13.8 Å². The second kappa shape index (κ2) is 4.79. The Labute approximate surface area is 99.5 Å². The molecule has 1 heterocycles. The van der Waals surface area contributed by atoms with Crippen LogP contribution in [-0.2, 0) is 4.74 Å². The maximum atomic E-state index is 13.5. The summed E-state index contributed by atoms with van der Waals surface area (Å²) in [5.41, 5.74) is 5.96. The van der Waals surface area contributed by atoms with E-state index >= 15 is 0 Å². The minimum Gasteiger partial charge on any atom is -0.488 e. The van der Waals surface area contributed by atoms with Crippen LogP contribution < -0.4 is 15.2 Å². The highest BCUT2D eigenvalue weighted by molar-refractivity contribution is 5.56. The summed E-state index contributed by atoms with van der Waals surface area (Å²) in [6.45, 7) is 4.74. The van der Waals surface area contributed by atoms with Gasteiger partial charge in [-0.2, -0.15) is 0 Å². The lowest BCUT2D eigenvalue weighted by Gasteiger charge is -2.27. The topological polar surface area (TPSA) is 53.7 Å². The summed E-state index contributed by atoms with van der Waals surface area (Å²) in [6.07, 6.45) is -0.109. The molecule has 1 aliphatic heterocycles. The van der Waals surface area contributed by atoms with Crippen molar-refractivity contribution in [1.29, 1.82) is 0 Å². The van der Waals surface area contributed by atoms with Crippen LogP contribution >= 0.6 is 0 Å². The Morgan fingerprint density at radius 2 is 2.06 bits per heavy atom. The zero-order chi connectivity index (χ0) is 12.4. The number of ether oxygens (including phenoxy) is 3. The van der Waals surface area contributed by atoms with Crippen LogP contribution in [-0.4, -0.2) is 25.4 Å². The van der Waals surface area contributed by atoms with E-state index < -0.39 is 5.82 Å². The number of nitrogens with two attached hydrogens (primary N) is 1. The van der Waals surface area contributed by atoms with Crippen molar-refractivity contribution in [2.24, 2.45) is 0 Å². The van der Waals surface area contributed by atoms with Crippen molar-refractivity contribution in [2.45, 2.75) is 26.1 Å². The molecule has 0 aromatic heterocycles. The monoisotopic (exact) mass is 241 g/mol. The van der Waals surface area contributed by atoms with E-state index in [-0.39, 0.29) is 23.6 Å². The molecule has 0 amide bonds. The fraction of sp³-hybridized carbons (Fsp3) is 0.500. The first-order valence-electron chi connectivity index (χ1n) is 5.56. The molecule has 1 aromatic rings. The van der Waals surface area contributed by atoms with Gasteiger partial charge in [0.25, 0.3) is 0 Å². The summed E-state index contributed by atoms with van der Waals surface area (Å²) in [5, 5.41) is 0. The zero-order valence-corrected chi connectivity index (χ0v) is 9.90. The van der Waals surface area contributed by atoms with E-state index in [9.17, 15) is 4.39 Å². The van der Waals surface area contributed by atoms with Crippen molar-refractivity contribution in [3.63, 3.8) is 0 Å². The average Bonchev–Trinajstić information content (AvgIpc) is 2.17. The predicted molar refractivity (Wildman–Crippen MR) is 61.8 cm³/mol. The van der Waals surface area contributed by atoms with Gasteiger partial charge < -0.3 is 19.9 Å². The lowest BCUT2D eigenvalue weighted by molar-refractivity contribution is -0.0794. The number of hydrogen-bond donors (Lipinski definition) is 1. The SMILES string of the molecule is CC(C)Oc1cc(OC2COC2)c(N)cc1F. The van der Waals surface area contributed by atoms with Crippen LogP contribution in [0.5, 0.6) is 11.5 Å². The molecule has 0 saturated carbocycles. The molecule has 2 N–H and O–H groups in total. The largest absolute Gasteiger partial charge is 0.488 e. The minimum atomic E-state index is -0.478. The average molecular weight is 241 g/mol. The number of rotatable bonds is 4. The molecular formula is C12H16FNO3. The van der Waals surface area contributed by atoms with Gasteiger partial charge in [0.15, 0.2) is 11.6 Å². The first-order chi connectivity index (χ1) is 8.06. The Morgan fingerprint density at radius 3 is 2.59 bits per heavy atom. The number of halogens is 1. The third-order valence-corrected chi connectivity index (χ3v) is 2.33. The lowest BCUT2D eigenvalue weighted by Crippen LogP contribution is -2.38. The highest BCUT2D eigenvalue weighted by Gasteiger charge is 2.22. The van der Waals surface area contributed by atoms with Crippen molar-refractivity contribution in [2.75, 3.05) is 18.9 Å². The smallest absolute Gasteiger partial charge is 0.167 e. The molecule has 1 aliphatic rings. The quantitative estimate of drug-likeness (QED) is 0.819. The second-order valence-electron chi connectivity index (χ2n) is 4.26. The number of nitrogen functional groups attached to an aromatic ring is 1. The van der Waals surface area contributed by atoms with Crippen molar-refractivity contribution >= 4 is 5.69 Å². The van der Waals surface area contributed by atoms with Gasteiger partial charge in [-0.25, -0.2) is 4.39 Å². The highest BCUT2D eigenvalue weighted by Crippen LogP contribution is 2.32. The molecule has 4 nitrogen and oxygen atoms in total. The van der Waals surface area contributed by atoms with Crippen LogP contribution in [0.4, 0.5) is 10.1 Å². The van der Waals surface area contributed by atoms with Crippen LogP contribution in [0.25, 0.3) is 0 Å². The first-order valence-corrected chi connectivity index (χ1v) is 5.56. The van der Waals surface area contributed by atoms with E-state index in [1.54, 1.807) is 0 Å². The Bertz CT molecular complexity index is 405. The lowest BCUT2D eigenvalue weighted by atomic mass is 10.2. The summed E-state index contributed by atoms with van der Waals surface area (Å²) in [7, 11) is 0. The fourth-order valence-electron chi connectivity index (χ4n) is 1.46. The van der Waals surface area contributed by atoms with Crippen molar-refractivity contribution in [1.82, 2.24) is 0 Å². The summed E-state index contributed by atoms with van der Waals surface area (Å²) in [4.78, 5) is 0. The van der Waals surface area contributed by atoms with Gasteiger partial charge in [-0.1, -0.05) is 0 Å². The molecule has 5 heteroatoms. The molecule has 17 heavy (non-hydrogen) atoms. The summed E-state index contributed by atoms with van der Waals surface area (Å²) in [6, 6.07) is 2.70. The number of benzene rings is 1. The van der Waals surface area contributed by atoms with Crippen molar-refractivity contribution in [3.8, 4) is 11.5 Å². The molecule has 94 valence electrons. The molecule has 0 radical (unpaired) electrons. The van der Waals surface area contributed by atoms with Crippen LogP contribution in [0.15, 0.2) is 12.1 Å². The first kappa shape index (κ1) is 12.0. The standard InChI is InChI=1S/C12H16FNO3/c1-7(2)16-11-4-12(10(14)3-9(11)13)17-8-5-15-6-8/h3-4,7-8H,5-6,14H2,1-2H3. The van der Waals surface area contributed by atoms with Crippen LogP contribution in [0.2, 0.25) is 0 Å². The molecule has 0 bridgehead atoms. The summed E-state index contributed by atoms with van der Waals surface area (Å²) < 4.78 is 29.4. The van der Waals surface area contributed by atoms with E-state index in [4.69, 9.17) is 19.9 Å². The Balaban J connectivity index is 2.18. The molecule has 0 unspecified atom stereocenters. The predicted octanol–water partition coefficient (Wildman–Crippen LogP) is 1.97. The normalized spacial score (nSPS) is 15.8. The highest BCUT2D eigenvalue weighted by atomic mass is 19.1. The Kier molecular flexibility index (Phi) is 3.38. The fourth-order valence-corrected chi connectivity index (χ4v) is 1.46. The molecular weight excluding hydrogens is 225 g/mol. The maximum absolute atomic E-state index is 13.5. The summed E-state index contributed by atoms with van der Waals surface area (Å²) in [5.74, 6) is 0.119. The molecule has 0 spiro atoms. The molecule has 1 fully saturated rings. The minimum absolute atomic E-state index is 0.00494. The van der Waals surface area contributed by atoms with Gasteiger partial charge in [-0.3, -0.25) is 0 Å². The van der Waals surface area contributed by atoms with Crippen LogP contribution in [0.1, 0.15) is 13.8 Å². The van der Waals surface area contributed by atoms with E-state index in [0.717, 1.165) is 0 Å². The Morgan fingerprint density at radius 1 is 1.35 bits per heavy atom. The van der Waals surface area contributed by atoms with E-state index in [0.29, 0.717) is 19.0 Å². The second-order valence-corrected chi connectivity index (χ2v) is 4.26. The third-order valence-electron chi connectivity index (χ3n) is 2.33. The van der Waals surface area contributed by atoms with Crippen molar-refractivity contribution in [3.05, 3.63) is 17.9 Å². The van der Waals surface area contributed by atoms with Gasteiger partial charge in [-0.15, -0.1) is 0 Å². The third kappa shape index (κ3) is 2.79. The van der Waals surface area contributed by atoms with Gasteiger partial charge in [0.2, 0.25) is 0 Å². The summed E-state index contributed by atoms with van der Waals surface area (Å²) >= 11 is 0. The van der Waals surface area contributed by atoms with Gasteiger partial charge in [0.05, 0.1) is 25.0 Å². The molecule has 1 saturated heterocycles. The van der Waals surface area contributed by atoms with E-state index in [2.05, 4.69) is 0 Å². The van der Waals surface area contributed by atoms with Gasteiger partial charge >= 0.3 is 0 Å². The number of anilines is 1. The van der Waals surface area contributed by atoms with Gasteiger partial charge in [0, 0.05) is 12.1 Å².